The number of carboxylic acids is 1. The van der Waals surface area contributed by atoms with Crippen LogP contribution in [0.2, 0.25) is 0 Å². The molecule has 2 aromatic carbocycles. The van der Waals surface area contributed by atoms with Gasteiger partial charge in [0.1, 0.15) is 12.4 Å². The minimum atomic E-state index is -1.03. The maximum absolute atomic E-state index is 11.8. The number of hydrogen-bond acceptors (Lipinski definition) is 6. The predicted octanol–water partition coefficient (Wildman–Crippen LogP) is 5.52. The van der Waals surface area contributed by atoms with Crippen LogP contribution in [0.5, 0.6) is 23.0 Å². The van der Waals surface area contributed by atoms with Gasteiger partial charge in [-0.2, -0.15) is 0 Å². The summed E-state index contributed by atoms with van der Waals surface area (Å²) in [5.41, 5.74) is 0.918. The molecule has 0 saturated heterocycles. The third kappa shape index (κ3) is 4.16. The maximum atomic E-state index is 11.8. The lowest BCUT2D eigenvalue weighted by Gasteiger charge is -2.14. The first-order valence-electron chi connectivity index (χ1n) is 9.89. The number of benzene rings is 2. The van der Waals surface area contributed by atoms with Crippen molar-refractivity contribution in [1.29, 1.82) is 0 Å². The Morgan fingerprint density at radius 2 is 1.83 bits per heavy atom. The fourth-order valence-corrected chi connectivity index (χ4v) is 4.74. The first-order chi connectivity index (χ1) is 14.6. The lowest BCUT2D eigenvalue weighted by atomic mass is 10.2. The molecule has 0 bridgehead atoms. The Balaban J connectivity index is 1.60. The Kier molecular flexibility index (Phi) is 5.99. The van der Waals surface area contributed by atoms with Crippen LogP contribution in [0, 0.1) is 0 Å². The van der Waals surface area contributed by atoms with Crippen LogP contribution in [0.25, 0.3) is 10.1 Å². The van der Waals surface area contributed by atoms with Gasteiger partial charge in [-0.1, -0.05) is 12.1 Å². The highest BCUT2D eigenvalue weighted by molar-refractivity contribution is 7.21. The molecule has 0 aliphatic heterocycles. The molecular weight excluding hydrogens is 404 g/mol. The number of hydrogen-bond donors (Lipinski definition) is 1. The number of aromatic carboxylic acids is 1. The number of rotatable bonds is 8. The van der Waals surface area contributed by atoms with Crippen LogP contribution in [-0.2, 0) is 6.61 Å². The van der Waals surface area contributed by atoms with Crippen LogP contribution < -0.4 is 18.9 Å². The van der Waals surface area contributed by atoms with Gasteiger partial charge in [-0.3, -0.25) is 0 Å². The lowest BCUT2D eigenvalue weighted by Crippen LogP contribution is -2.11. The summed E-state index contributed by atoms with van der Waals surface area (Å²) in [6.45, 7) is 0.238. The van der Waals surface area contributed by atoms with Gasteiger partial charge >= 0.3 is 5.97 Å². The molecule has 1 aliphatic rings. The molecular formula is C23H24O6S. The van der Waals surface area contributed by atoms with Gasteiger partial charge in [0.25, 0.3) is 0 Å². The summed E-state index contributed by atoms with van der Waals surface area (Å²) >= 11 is 1.16. The van der Waals surface area contributed by atoms with Gasteiger partial charge in [0, 0.05) is 16.2 Å². The molecule has 6 nitrogen and oxygen atoms in total. The molecule has 3 aromatic rings. The maximum Gasteiger partial charge on any atom is 0.349 e. The van der Waals surface area contributed by atoms with Crippen molar-refractivity contribution in [1.82, 2.24) is 0 Å². The van der Waals surface area contributed by atoms with Gasteiger partial charge in [-0.15, -0.1) is 11.3 Å². The molecule has 1 N–H and O–H groups in total. The predicted molar refractivity (Wildman–Crippen MR) is 116 cm³/mol. The highest BCUT2D eigenvalue weighted by atomic mass is 32.1. The lowest BCUT2D eigenvalue weighted by molar-refractivity contribution is 0.0697. The molecule has 0 atom stereocenters. The van der Waals surface area contributed by atoms with E-state index in [1.54, 1.807) is 26.4 Å². The van der Waals surface area contributed by atoms with Gasteiger partial charge in [0.2, 0.25) is 0 Å². The van der Waals surface area contributed by atoms with Crippen molar-refractivity contribution in [2.45, 2.75) is 38.4 Å². The molecule has 1 fully saturated rings. The normalized spacial score (nSPS) is 14.1. The highest BCUT2D eigenvalue weighted by Gasteiger charge is 2.22. The van der Waals surface area contributed by atoms with E-state index < -0.39 is 5.97 Å². The van der Waals surface area contributed by atoms with Gasteiger partial charge in [0.05, 0.1) is 20.3 Å². The molecule has 4 rings (SSSR count). The molecule has 30 heavy (non-hydrogen) atoms. The summed E-state index contributed by atoms with van der Waals surface area (Å²) in [4.78, 5) is 12.0. The molecule has 0 unspecified atom stereocenters. The van der Waals surface area contributed by atoms with E-state index in [0.29, 0.717) is 22.6 Å². The molecule has 0 spiro atoms. The summed E-state index contributed by atoms with van der Waals surface area (Å²) < 4.78 is 23.5. The van der Waals surface area contributed by atoms with Crippen molar-refractivity contribution in [3.8, 4) is 23.0 Å². The molecule has 1 aromatic heterocycles. The average molecular weight is 429 g/mol. The number of carboxylic acid groups (broad SMARTS) is 1. The SMILES string of the molecule is COc1cc2sc(C(=O)O)c(OCc3cccc(OC4CCCC4)c3)c2cc1OC. The smallest absolute Gasteiger partial charge is 0.349 e. The Morgan fingerprint density at radius 3 is 2.53 bits per heavy atom. The quantitative estimate of drug-likeness (QED) is 0.509. The molecule has 7 heteroatoms. The number of ether oxygens (including phenoxy) is 4. The Hall–Kier alpha value is -2.93. The number of thiophene rings is 1. The van der Waals surface area contributed by atoms with E-state index in [1.165, 1.54) is 12.8 Å². The standard InChI is InChI=1S/C23H24O6S/c1-26-18-11-17-20(12-19(18)27-2)30-22(23(24)25)21(17)28-13-14-6-5-9-16(10-14)29-15-7-3-4-8-15/h5-6,9-12,15H,3-4,7-8,13H2,1-2H3,(H,24,25). The van der Waals surface area contributed by atoms with E-state index in [9.17, 15) is 9.90 Å². The van der Waals surface area contributed by atoms with E-state index in [4.69, 9.17) is 18.9 Å². The van der Waals surface area contributed by atoms with Crippen LogP contribution in [-0.4, -0.2) is 31.4 Å². The van der Waals surface area contributed by atoms with Crippen LogP contribution in [0.15, 0.2) is 36.4 Å². The van der Waals surface area contributed by atoms with E-state index in [-0.39, 0.29) is 17.6 Å². The zero-order valence-corrected chi connectivity index (χ0v) is 17.8. The van der Waals surface area contributed by atoms with E-state index in [0.717, 1.165) is 40.2 Å². The van der Waals surface area contributed by atoms with Crippen LogP contribution in [0.4, 0.5) is 0 Å². The molecule has 1 aliphatic carbocycles. The minimum Gasteiger partial charge on any atom is -0.493 e. The Bertz CT molecular complexity index is 1050. The highest BCUT2D eigenvalue weighted by Crippen LogP contribution is 2.43. The largest absolute Gasteiger partial charge is 0.493 e. The fourth-order valence-electron chi connectivity index (χ4n) is 3.75. The third-order valence-electron chi connectivity index (χ3n) is 5.23. The van der Waals surface area contributed by atoms with Gasteiger partial charge in [0.15, 0.2) is 22.1 Å². The number of carbonyl (C=O) groups is 1. The first kappa shape index (κ1) is 20.3. The monoisotopic (exact) mass is 428 g/mol. The van der Waals surface area contributed by atoms with Crippen LogP contribution in [0.1, 0.15) is 40.9 Å². The summed E-state index contributed by atoms with van der Waals surface area (Å²) in [5, 5.41) is 10.4. The van der Waals surface area contributed by atoms with E-state index in [2.05, 4.69) is 0 Å². The van der Waals surface area contributed by atoms with Crippen LogP contribution in [0.3, 0.4) is 0 Å². The summed E-state index contributed by atoms with van der Waals surface area (Å²) in [5.74, 6) is 1.21. The van der Waals surface area contributed by atoms with E-state index in [1.807, 2.05) is 24.3 Å². The molecule has 1 saturated carbocycles. The summed E-state index contributed by atoms with van der Waals surface area (Å²) in [6, 6.07) is 11.3. The zero-order valence-electron chi connectivity index (χ0n) is 17.0. The average Bonchev–Trinajstić information content (AvgIpc) is 3.38. The van der Waals surface area contributed by atoms with Crippen molar-refractivity contribution < 1.29 is 28.8 Å². The number of methoxy groups -OCH3 is 2. The fraction of sp³-hybridized carbons (Fsp3) is 0.348. The van der Waals surface area contributed by atoms with Crippen molar-refractivity contribution in [2.24, 2.45) is 0 Å². The first-order valence-corrected chi connectivity index (χ1v) is 10.7. The van der Waals surface area contributed by atoms with Gasteiger partial charge in [-0.25, -0.2) is 4.79 Å². The van der Waals surface area contributed by atoms with Crippen molar-refractivity contribution in [3.05, 3.63) is 46.8 Å². The second kappa shape index (κ2) is 8.83. The molecule has 1 heterocycles. The van der Waals surface area contributed by atoms with Crippen molar-refractivity contribution in [2.75, 3.05) is 14.2 Å². The van der Waals surface area contributed by atoms with Gasteiger partial charge < -0.3 is 24.1 Å². The van der Waals surface area contributed by atoms with E-state index >= 15 is 0 Å². The second-order valence-electron chi connectivity index (χ2n) is 7.23. The van der Waals surface area contributed by atoms with Gasteiger partial charge in [-0.05, 0) is 49.4 Å². The molecule has 158 valence electrons. The van der Waals surface area contributed by atoms with Crippen molar-refractivity contribution >= 4 is 27.4 Å². The van der Waals surface area contributed by atoms with Crippen molar-refractivity contribution in [3.63, 3.8) is 0 Å². The molecule has 0 radical (unpaired) electrons. The Morgan fingerprint density at radius 1 is 1.10 bits per heavy atom. The third-order valence-corrected chi connectivity index (χ3v) is 6.35. The zero-order chi connectivity index (χ0) is 21.1. The minimum absolute atomic E-state index is 0.152. The van der Waals surface area contributed by atoms with Crippen LogP contribution >= 0.6 is 11.3 Å². The second-order valence-corrected chi connectivity index (χ2v) is 8.28. The summed E-state index contributed by atoms with van der Waals surface area (Å²) in [6.07, 6.45) is 4.89. The molecule has 0 amide bonds. The number of fused-ring (bicyclic) bond motifs is 1. The Labute approximate surface area is 178 Å². The summed E-state index contributed by atoms with van der Waals surface area (Å²) in [7, 11) is 3.10. The topological polar surface area (TPSA) is 74.2 Å².